The van der Waals surface area contributed by atoms with Gasteiger partial charge < -0.3 is 5.73 Å². The van der Waals surface area contributed by atoms with Gasteiger partial charge in [-0.2, -0.15) is 0 Å². The first-order valence-corrected chi connectivity index (χ1v) is 6.75. The Kier molecular flexibility index (Phi) is 3.23. The van der Waals surface area contributed by atoms with Gasteiger partial charge in [-0.05, 0) is 40.9 Å². The highest BCUT2D eigenvalue weighted by atomic mass is 35.5. The average molecular weight is 270 g/mol. The predicted molar refractivity (Wildman–Crippen MR) is 74.1 cm³/mol. The van der Waals surface area contributed by atoms with Gasteiger partial charge in [-0.1, -0.05) is 45.4 Å². The Morgan fingerprint density at radius 1 is 1.28 bits per heavy atom. The molecular formula is C15H21ClFN. The van der Waals surface area contributed by atoms with E-state index >= 15 is 0 Å². The summed E-state index contributed by atoms with van der Waals surface area (Å²) < 4.78 is 13.7. The van der Waals surface area contributed by atoms with Crippen molar-refractivity contribution < 1.29 is 4.39 Å². The molecule has 100 valence electrons. The highest BCUT2D eigenvalue weighted by Crippen LogP contribution is 2.69. The summed E-state index contributed by atoms with van der Waals surface area (Å²) in [7, 11) is 0. The van der Waals surface area contributed by atoms with Gasteiger partial charge in [-0.3, -0.25) is 0 Å². The highest BCUT2D eigenvalue weighted by Gasteiger charge is 2.66. The summed E-state index contributed by atoms with van der Waals surface area (Å²) in [5.41, 5.74) is 7.39. The Morgan fingerprint density at radius 2 is 1.83 bits per heavy atom. The van der Waals surface area contributed by atoms with E-state index in [1.807, 2.05) is 0 Å². The monoisotopic (exact) mass is 269 g/mol. The molecule has 1 nitrogen and oxygen atoms in total. The number of halogens is 2. The molecule has 1 fully saturated rings. The largest absolute Gasteiger partial charge is 0.327 e. The minimum absolute atomic E-state index is 0.00863. The smallest absolute Gasteiger partial charge is 0.127 e. The van der Waals surface area contributed by atoms with E-state index in [9.17, 15) is 4.39 Å². The lowest BCUT2D eigenvalue weighted by molar-refractivity contribution is 0.457. The van der Waals surface area contributed by atoms with Crippen molar-refractivity contribution in [3.63, 3.8) is 0 Å². The van der Waals surface area contributed by atoms with Crippen molar-refractivity contribution in [2.75, 3.05) is 0 Å². The standard InChI is InChI=1S/C15H21ClFN/c1-14(2)13(15(14,3)4)12(18)7-9-5-6-10(16)8-11(9)17/h5-6,8,12-13H,7,18H2,1-4H3. The van der Waals surface area contributed by atoms with Crippen LogP contribution < -0.4 is 5.73 Å². The minimum Gasteiger partial charge on any atom is -0.327 e. The molecule has 0 aromatic heterocycles. The first-order valence-electron chi connectivity index (χ1n) is 6.37. The fraction of sp³-hybridized carbons (Fsp3) is 0.600. The van der Waals surface area contributed by atoms with Gasteiger partial charge in [0.15, 0.2) is 0 Å². The molecule has 2 N–H and O–H groups in total. The van der Waals surface area contributed by atoms with Crippen LogP contribution in [0.1, 0.15) is 33.3 Å². The number of benzene rings is 1. The predicted octanol–water partition coefficient (Wildman–Crippen LogP) is 4.03. The maximum absolute atomic E-state index is 13.7. The summed E-state index contributed by atoms with van der Waals surface area (Å²) in [6.07, 6.45) is 0.570. The van der Waals surface area contributed by atoms with Gasteiger partial charge in [0.05, 0.1) is 0 Å². The van der Waals surface area contributed by atoms with E-state index in [-0.39, 0.29) is 22.7 Å². The average Bonchev–Trinajstić information content (AvgIpc) is 2.62. The summed E-state index contributed by atoms with van der Waals surface area (Å²) in [5.74, 6) is 0.175. The van der Waals surface area contributed by atoms with Crippen LogP contribution in [0.15, 0.2) is 18.2 Å². The zero-order valence-electron chi connectivity index (χ0n) is 11.4. The van der Waals surface area contributed by atoms with Crippen molar-refractivity contribution in [3.05, 3.63) is 34.6 Å². The number of nitrogens with two attached hydrogens (primary N) is 1. The lowest BCUT2D eigenvalue weighted by atomic mass is 9.97. The fourth-order valence-corrected chi connectivity index (χ4v) is 3.54. The fourth-order valence-electron chi connectivity index (χ4n) is 3.38. The minimum atomic E-state index is -0.255. The third kappa shape index (κ3) is 2.06. The molecule has 2 rings (SSSR count). The van der Waals surface area contributed by atoms with Crippen molar-refractivity contribution in [2.24, 2.45) is 22.5 Å². The Bertz CT molecular complexity index is 454. The summed E-state index contributed by atoms with van der Waals surface area (Å²) in [6.45, 7) is 8.93. The lowest BCUT2D eigenvalue weighted by Crippen LogP contribution is -2.28. The second-order valence-electron chi connectivity index (χ2n) is 6.52. The molecule has 0 heterocycles. The SMILES string of the molecule is CC1(C)C(C(N)Cc2ccc(Cl)cc2F)C1(C)C. The second-order valence-corrected chi connectivity index (χ2v) is 6.96. The second kappa shape index (κ2) is 4.21. The molecule has 0 radical (unpaired) electrons. The third-order valence-corrected chi connectivity index (χ3v) is 5.27. The first kappa shape index (κ1) is 13.8. The molecule has 3 heteroatoms. The van der Waals surface area contributed by atoms with Gasteiger partial charge in [0.1, 0.15) is 5.82 Å². The molecule has 1 aromatic carbocycles. The van der Waals surface area contributed by atoms with E-state index in [2.05, 4.69) is 27.7 Å². The number of rotatable bonds is 3. The molecule has 0 amide bonds. The van der Waals surface area contributed by atoms with Crippen LogP contribution >= 0.6 is 11.6 Å². The molecule has 1 aromatic rings. The Balaban J connectivity index is 2.12. The van der Waals surface area contributed by atoms with Crippen molar-refractivity contribution in [1.29, 1.82) is 0 Å². The molecule has 0 saturated heterocycles. The van der Waals surface area contributed by atoms with Crippen LogP contribution in [0.4, 0.5) is 4.39 Å². The zero-order chi connectivity index (χ0) is 13.7. The molecule has 1 aliphatic carbocycles. The normalized spacial score (nSPS) is 22.8. The molecule has 0 aliphatic heterocycles. The van der Waals surface area contributed by atoms with E-state index in [1.165, 1.54) is 6.07 Å². The summed E-state index contributed by atoms with van der Waals surface area (Å²) >= 11 is 5.75. The topological polar surface area (TPSA) is 26.0 Å². The van der Waals surface area contributed by atoms with Gasteiger partial charge in [0, 0.05) is 11.1 Å². The Hall–Kier alpha value is -0.600. The van der Waals surface area contributed by atoms with E-state index in [0.717, 1.165) is 0 Å². The first-order chi connectivity index (χ1) is 8.18. The van der Waals surface area contributed by atoms with Gasteiger partial charge in [-0.25, -0.2) is 4.39 Å². The quantitative estimate of drug-likeness (QED) is 0.881. The van der Waals surface area contributed by atoms with Crippen molar-refractivity contribution in [2.45, 2.75) is 40.2 Å². The van der Waals surface area contributed by atoms with Crippen molar-refractivity contribution in [3.8, 4) is 0 Å². The maximum Gasteiger partial charge on any atom is 0.127 e. The molecule has 0 spiro atoms. The molecule has 1 aliphatic rings. The van der Waals surface area contributed by atoms with Gasteiger partial charge in [0.2, 0.25) is 0 Å². The highest BCUT2D eigenvalue weighted by molar-refractivity contribution is 6.30. The van der Waals surface area contributed by atoms with Crippen LogP contribution in [0.25, 0.3) is 0 Å². The van der Waals surface area contributed by atoms with Crippen molar-refractivity contribution >= 4 is 11.6 Å². The van der Waals surface area contributed by atoms with Crippen LogP contribution in [-0.2, 0) is 6.42 Å². The number of hydrogen-bond donors (Lipinski definition) is 1. The maximum atomic E-state index is 13.7. The van der Waals surface area contributed by atoms with E-state index in [4.69, 9.17) is 17.3 Å². The van der Waals surface area contributed by atoms with Crippen molar-refractivity contribution in [1.82, 2.24) is 0 Å². The number of hydrogen-bond acceptors (Lipinski definition) is 1. The Labute approximate surface area is 114 Å². The van der Waals surface area contributed by atoms with Gasteiger partial charge in [-0.15, -0.1) is 0 Å². The third-order valence-electron chi connectivity index (χ3n) is 5.03. The molecule has 1 saturated carbocycles. The molecule has 0 bridgehead atoms. The lowest BCUT2D eigenvalue weighted by Gasteiger charge is -2.14. The Morgan fingerprint density at radius 3 is 2.28 bits per heavy atom. The molecular weight excluding hydrogens is 249 g/mol. The summed E-state index contributed by atoms with van der Waals surface area (Å²) in [5, 5.41) is 0.428. The van der Waals surface area contributed by atoms with Gasteiger partial charge >= 0.3 is 0 Å². The molecule has 1 atom stereocenters. The molecule has 1 unspecified atom stereocenters. The van der Waals surface area contributed by atoms with E-state index in [0.29, 0.717) is 22.9 Å². The zero-order valence-corrected chi connectivity index (χ0v) is 12.2. The van der Waals surface area contributed by atoms with Crippen LogP contribution in [0, 0.1) is 22.6 Å². The van der Waals surface area contributed by atoms with E-state index in [1.54, 1.807) is 12.1 Å². The summed E-state index contributed by atoms with van der Waals surface area (Å²) in [6, 6.07) is 4.80. The van der Waals surface area contributed by atoms with Crippen LogP contribution in [0.5, 0.6) is 0 Å². The van der Waals surface area contributed by atoms with Crippen LogP contribution in [-0.4, -0.2) is 6.04 Å². The van der Waals surface area contributed by atoms with Crippen LogP contribution in [0.2, 0.25) is 5.02 Å². The van der Waals surface area contributed by atoms with E-state index < -0.39 is 0 Å². The van der Waals surface area contributed by atoms with Gasteiger partial charge in [0.25, 0.3) is 0 Å². The summed E-state index contributed by atoms with van der Waals surface area (Å²) in [4.78, 5) is 0. The molecule has 18 heavy (non-hydrogen) atoms. The van der Waals surface area contributed by atoms with Crippen LogP contribution in [0.3, 0.4) is 0 Å².